The Labute approximate surface area is 130 Å². The summed E-state index contributed by atoms with van der Waals surface area (Å²) in [5, 5.41) is 4.65. The second kappa shape index (κ2) is 5.91. The first kappa shape index (κ1) is 14.2. The molecule has 106 valence electrons. The maximum absolute atomic E-state index is 11.9. The van der Waals surface area contributed by atoms with Crippen molar-refractivity contribution in [3.63, 3.8) is 0 Å². The van der Waals surface area contributed by atoms with Gasteiger partial charge in [-0.2, -0.15) is 0 Å². The summed E-state index contributed by atoms with van der Waals surface area (Å²) in [5.74, 6) is 0.477. The number of benzene rings is 1. The highest BCUT2D eigenvalue weighted by Crippen LogP contribution is 2.26. The molecule has 2 aliphatic rings. The van der Waals surface area contributed by atoms with E-state index < -0.39 is 0 Å². The van der Waals surface area contributed by atoms with Crippen LogP contribution < -0.4 is 16.2 Å². The van der Waals surface area contributed by atoms with E-state index in [9.17, 15) is 4.79 Å². The summed E-state index contributed by atoms with van der Waals surface area (Å²) in [6, 6.07) is 5.38. The summed E-state index contributed by atoms with van der Waals surface area (Å²) in [6.07, 6.45) is -0.188. The van der Waals surface area contributed by atoms with Crippen molar-refractivity contribution in [2.45, 2.75) is 11.9 Å². The van der Waals surface area contributed by atoms with Gasteiger partial charge in [0.05, 0.1) is 5.92 Å². The molecule has 1 aromatic rings. The first-order valence-corrected chi connectivity index (χ1v) is 7.81. The van der Waals surface area contributed by atoms with Crippen molar-refractivity contribution >= 4 is 46.0 Å². The number of amidine groups is 1. The molecule has 2 heterocycles. The third-order valence-electron chi connectivity index (χ3n) is 3.16. The number of hydrogen-bond donors (Lipinski definition) is 3. The van der Waals surface area contributed by atoms with E-state index in [1.165, 1.54) is 11.8 Å². The molecule has 8 heteroatoms. The summed E-state index contributed by atoms with van der Waals surface area (Å²) >= 11 is 13.4. The fourth-order valence-electron chi connectivity index (χ4n) is 2.06. The van der Waals surface area contributed by atoms with Crippen LogP contribution in [0.3, 0.4) is 0 Å². The number of halogens is 2. The highest BCUT2D eigenvalue weighted by molar-refractivity contribution is 8.13. The molecule has 1 fully saturated rings. The third kappa shape index (κ3) is 2.94. The molecule has 5 nitrogen and oxygen atoms in total. The molecule has 2 aliphatic heterocycles. The van der Waals surface area contributed by atoms with E-state index in [2.05, 4.69) is 21.2 Å². The van der Waals surface area contributed by atoms with Gasteiger partial charge in [-0.3, -0.25) is 10.2 Å². The van der Waals surface area contributed by atoms with Gasteiger partial charge in [-0.1, -0.05) is 41.0 Å². The predicted octanol–water partition coefficient (Wildman–Crippen LogP) is 1.76. The number of amides is 1. The lowest BCUT2D eigenvalue weighted by Gasteiger charge is -2.22. The standard InChI is InChI=1S/C12H12Cl2N4OS/c13-7-2-1-6(9(14)3-7)5-20-12-16-10-8(4-15-18-10)11(19)17-12/h1-3,8,10,15,18H,4-5H2,(H,16,17,19). The number of hydrazine groups is 1. The van der Waals surface area contributed by atoms with E-state index in [1.54, 1.807) is 12.1 Å². The molecule has 2 unspecified atom stereocenters. The largest absolute Gasteiger partial charge is 0.305 e. The molecular weight excluding hydrogens is 319 g/mol. The van der Waals surface area contributed by atoms with Crippen molar-refractivity contribution in [2.24, 2.45) is 10.9 Å². The van der Waals surface area contributed by atoms with E-state index in [4.69, 9.17) is 23.2 Å². The van der Waals surface area contributed by atoms with Crippen LogP contribution in [-0.2, 0) is 10.5 Å². The molecule has 0 bridgehead atoms. The average molecular weight is 331 g/mol. The van der Waals surface area contributed by atoms with E-state index in [-0.39, 0.29) is 18.0 Å². The summed E-state index contributed by atoms with van der Waals surface area (Å²) < 4.78 is 0. The maximum atomic E-state index is 11.9. The van der Waals surface area contributed by atoms with E-state index in [0.29, 0.717) is 27.5 Å². The first-order chi connectivity index (χ1) is 9.63. The summed E-state index contributed by atoms with van der Waals surface area (Å²) in [4.78, 5) is 16.3. The second-order valence-electron chi connectivity index (χ2n) is 4.52. The highest BCUT2D eigenvalue weighted by Gasteiger charge is 2.36. The zero-order chi connectivity index (χ0) is 14.1. The Bertz CT molecular complexity index is 581. The lowest BCUT2D eigenvalue weighted by molar-refractivity contribution is -0.123. The van der Waals surface area contributed by atoms with Crippen LogP contribution in [0.1, 0.15) is 5.56 Å². The molecule has 3 rings (SSSR count). The molecule has 2 atom stereocenters. The molecule has 3 N–H and O–H groups in total. The van der Waals surface area contributed by atoms with Gasteiger partial charge in [-0.15, -0.1) is 0 Å². The van der Waals surface area contributed by atoms with Crippen LogP contribution in [0.2, 0.25) is 10.0 Å². The van der Waals surface area contributed by atoms with Gasteiger partial charge >= 0.3 is 0 Å². The Morgan fingerprint density at radius 2 is 2.25 bits per heavy atom. The third-order valence-corrected chi connectivity index (χ3v) is 4.68. The van der Waals surface area contributed by atoms with Crippen molar-refractivity contribution in [1.82, 2.24) is 16.2 Å². The molecule has 0 saturated carbocycles. The zero-order valence-electron chi connectivity index (χ0n) is 10.3. The Kier molecular flexibility index (Phi) is 4.18. The molecular formula is C12H12Cl2N4OS. The van der Waals surface area contributed by atoms with E-state index in [0.717, 1.165) is 5.56 Å². The number of rotatable bonds is 2. The first-order valence-electron chi connectivity index (χ1n) is 6.07. The lowest BCUT2D eigenvalue weighted by atomic mass is 10.1. The van der Waals surface area contributed by atoms with Crippen LogP contribution >= 0.6 is 35.0 Å². The molecule has 0 radical (unpaired) electrons. The average Bonchev–Trinajstić information content (AvgIpc) is 2.86. The lowest BCUT2D eigenvalue weighted by Crippen LogP contribution is -2.46. The van der Waals surface area contributed by atoms with E-state index >= 15 is 0 Å². The highest BCUT2D eigenvalue weighted by atomic mass is 35.5. The minimum absolute atomic E-state index is 0.00722. The Morgan fingerprint density at radius 1 is 1.40 bits per heavy atom. The van der Waals surface area contributed by atoms with Gasteiger partial charge in [0, 0.05) is 22.3 Å². The minimum Gasteiger partial charge on any atom is -0.305 e. The smallest absolute Gasteiger partial charge is 0.233 e. The Morgan fingerprint density at radius 3 is 3.05 bits per heavy atom. The SMILES string of the molecule is O=C1NC(SCc2ccc(Cl)cc2Cl)=NC2NNCC12. The number of nitrogens with one attached hydrogen (secondary N) is 3. The Balaban J connectivity index is 1.68. The van der Waals surface area contributed by atoms with Crippen molar-refractivity contribution < 1.29 is 4.79 Å². The van der Waals surface area contributed by atoms with Gasteiger partial charge in [-0.05, 0) is 17.7 Å². The summed E-state index contributed by atoms with van der Waals surface area (Å²) in [7, 11) is 0. The van der Waals surface area contributed by atoms with Crippen molar-refractivity contribution in [3.8, 4) is 0 Å². The fraction of sp³-hybridized carbons (Fsp3) is 0.333. The molecule has 20 heavy (non-hydrogen) atoms. The van der Waals surface area contributed by atoms with E-state index in [1.807, 2.05) is 6.07 Å². The van der Waals surface area contributed by atoms with Crippen LogP contribution in [0, 0.1) is 5.92 Å². The zero-order valence-corrected chi connectivity index (χ0v) is 12.6. The van der Waals surface area contributed by atoms with Gasteiger partial charge in [0.1, 0.15) is 6.17 Å². The van der Waals surface area contributed by atoms with Gasteiger partial charge in [0.25, 0.3) is 0 Å². The number of carbonyl (C=O) groups is 1. The van der Waals surface area contributed by atoms with Crippen LogP contribution in [0.15, 0.2) is 23.2 Å². The number of nitrogens with zero attached hydrogens (tertiary/aromatic N) is 1. The van der Waals surface area contributed by atoms with Gasteiger partial charge in [0.2, 0.25) is 5.91 Å². The molecule has 0 aromatic heterocycles. The Hall–Kier alpha value is -0.790. The molecule has 1 amide bonds. The number of carbonyl (C=O) groups excluding carboxylic acids is 1. The number of fused-ring (bicyclic) bond motifs is 1. The number of hydrogen-bond acceptors (Lipinski definition) is 5. The summed E-state index contributed by atoms with van der Waals surface area (Å²) in [5.41, 5.74) is 6.88. The van der Waals surface area contributed by atoms with Crippen LogP contribution in [0.5, 0.6) is 0 Å². The van der Waals surface area contributed by atoms with Gasteiger partial charge in [-0.25, -0.2) is 10.4 Å². The van der Waals surface area contributed by atoms with Crippen molar-refractivity contribution in [2.75, 3.05) is 6.54 Å². The topological polar surface area (TPSA) is 65.5 Å². The van der Waals surface area contributed by atoms with Crippen molar-refractivity contribution in [3.05, 3.63) is 33.8 Å². The van der Waals surface area contributed by atoms with Crippen LogP contribution in [-0.4, -0.2) is 23.8 Å². The minimum atomic E-state index is -0.188. The summed E-state index contributed by atoms with van der Waals surface area (Å²) in [6.45, 7) is 0.598. The number of thioether (sulfide) groups is 1. The molecule has 0 aliphatic carbocycles. The van der Waals surface area contributed by atoms with Gasteiger partial charge < -0.3 is 5.32 Å². The van der Waals surface area contributed by atoms with Crippen molar-refractivity contribution in [1.29, 1.82) is 0 Å². The van der Waals surface area contributed by atoms with Crippen LogP contribution in [0.4, 0.5) is 0 Å². The second-order valence-corrected chi connectivity index (χ2v) is 6.33. The quantitative estimate of drug-likeness (QED) is 0.773. The maximum Gasteiger partial charge on any atom is 0.233 e. The fourth-order valence-corrected chi connectivity index (χ4v) is 3.52. The normalized spacial score (nSPS) is 25.1. The molecule has 0 spiro atoms. The molecule has 1 saturated heterocycles. The number of aliphatic imine (C=N–C) groups is 1. The molecule has 1 aromatic carbocycles. The van der Waals surface area contributed by atoms with Crippen LogP contribution in [0.25, 0.3) is 0 Å². The van der Waals surface area contributed by atoms with Gasteiger partial charge in [0.15, 0.2) is 5.17 Å². The monoisotopic (exact) mass is 330 g/mol. The predicted molar refractivity (Wildman–Crippen MR) is 81.8 cm³/mol.